The maximum Gasteiger partial charge on any atom is 0.270 e. The van der Waals surface area contributed by atoms with E-state index in [9.17, 15) is 19.7 Å². The first kappa shape index (κ1) is 24.4. The molecule has 5 rings (SSSR count). The van der Waals surface area contributed by atoms with Gasteiger partial charge in [-0.15, -0.1) is 0 Å². The largest absolute Gasteiger partial charge is 0.354 e. The van der Waals surface area contributed by atoms with Gasteiger partial charge in [0.05, 0.1) is 16.2 Å². The van der Waals surface area contributed by atoms with Crippen LogP contribution in [0.2, 0.25) is 0 Å². The van der Waals surface area contributed by atoms with Gasteiger partial charge in [-0.05, 0) is 41.5 Å². The SMILES string of the molecule is CC(=O)NCc1ccc(/C(Nc2ccc(-c3nccn3C)cc2)=C2/C(=O)Nc3ccc([N+](=O)[O-])cc32)cc1. The average molecular weight is 509 g/mol. The molecule has 1 aromatic heterocycles. The summed E-state index contributed by atoms with van der Waals surface area (Å²) in [7, 11) is 1.92. The number of imidazole rings is 1. The summed E-state index contributed by atoms with van der Waals surface area (Å²) in [5.41, 5.74) is 4.87. The van der Waals surface area contributed by atoms with Crippen LogP contribution in [0.25, 0.3) is 22.7 Å². The topological polar surface area (TPSA) is 131 Å². The number of hydrogen-bond acceptors (Lipinski definition) is 6. The van der Waals surface area contributed by atoms with E-state index in [4.69, 9.17) is 0 Å². The van der Waals surface area contributed by atoms with E-state index in [0.717, 1.165) is 22.6 Å². The van der Waals surface area contributed by atoms with Crippen molar-refractivity contribution in [1.82, 2.24) is 14.9 Å². The van der Waals surface area contributed by atoms with Crippen molar-refractivity contribution >= 4 is 40.1 Å². The Hall–Kier alpha value is -5.25. The number of hydrogen-bond donors (Lipinski definition) is 3. The van der Waals surface area contributed by atoms with E-state index in [1.807, 2.05) is 66.3 Å². The Morgan fingerprint density at radius 2 is 1.82 bits per heavy atom. The van der Waals surface area contributed by atoms with Gasteiger partial charge >= 0.3 is 0 Å². The van der Waals surface area contributed by atoms with Crippen molar-refractivity contribution < 1.29 is 14.5 Å². The fourth-order valence-electron chi connectivity index (χ4n) is 4.30. The van der Waals surface area contributed by atoms with E-state index < -0.39 is 4.92 Å². The Kier molecular flexibility index (Phi) is 6.44. The van der Waals surface area contributed by atoms with Crippen LogP contribution in [0.1, 0.15) is 23.6 Å². The molecule has 0 radical (unpaired) electrons. The fourth-order valence-corrected chi connectivity index (χ4v) is 4.30. The number of nitro groups is 1. The number of aromatic nitrogens is 2. The molecule has 1 aliphatic heterocycles. The molecule has 0 saturated heterocycles. The van der Waals surface area contributed by atoms with Crippen LogP contribution in [0.5, 0.6) is 0 Å². The average Bonchev–Trinajstić information content (AvgIpc) is 3.48. The molecule has 0 bridgehead atoms. The number of benzene rings is 3. The van der Waals surface area contributed by atoms with Crippen molar-refractivity contribution in [3.05, 3.63) is 106 Å². The third-order valence-corrected chi connectivity index (χ3v) is 6.23. The van der Waals surface area contributed by atoms with Gasteiger partial charge in [-0.3, -0.25) is 19.7 Å². The summed E-state index contributed by atoms with van der Waals surface area (Å²) >= 11 is 0. The highest BCUT2D eigenvalue weighted by Gasteiger charge is 2.30. The lowest BCUT2D eigenvalue weighted by molar-refractivity contribution is -0.384. The lowest BCUT2D eigenvalue weighted by Crippen LogP contribution is -2.18. The first-order chi connectivity index (χ1) is 18.3. The number of rotatable bonds is 7. The molecule has 0 unspecified atom stereocenters. The normalized spacial score (nSPS) is 13.5. The molecule has 2 heterocycles. The summed E-state index contributed by atoms with van der Waals surface area (Å²) in [5.74, 6) is 0.324. The maximum absolute atomic E-state index is 13.2. The van der Waals surface area contributed by atoms with E-state index >= 15 is 0 Å². The predicted molar refractivity (Wildman–Crippen MR) is 145 cm³/mol. The van der Waals surface area contributed by atoms with Crippen LogP contribution < -0.4 is 16.0 Å². The highest BCUT2D eigenvalue weighted by atomic mass is 16.6. The molecule has 0 atom stereocenters. The number of aryl methyl sites for hydroxylation is 1. The van der Waals surface area contributed by atoms with Crippen molar-refractivity contribution in [3.8, 4) is 11.4 Å². The molecule has 0 spiro atoms. The molecule has 3 aromatic carbocycles. The number of amides is 2. The van der Waals surface area contributed by atoms with Crippen LogP contribution in [0.4, 0.5) is 17.1 Å². The Bertz CT molecular complexity index is 1590. The van der Waals surface area contributed by atoms with E-state index in [2.05, 4.69) is 20.9 Å². The second kappa shape index (κ2) is 10.0. The van der Waals surface area contributed by atoms with E-state index in [0.29, 0.717) is 34.6 Å². The Morgan fingerprint density at radius 3 is 2.45 bits per heavy atom. The van der Waals surface area contributed by atoms with Crippen LogP contribution in [0.15, 0.2) is 79.1 Å². The van der Waals surface area contributed by atoms with Gasteiger partial charge in [0.1, 0.15) is 5.82 Å². The third-order valence-electron chi connectivity index (χ3n) is 6.23. The first-order valence-electron chi connectivity index (χ1n) is 11.8. The molecular formula is C28H24N6O4. The van der Waals surface area contributed by atoms with Gasteiger partial charge in [0, 0.05) is 67.5 Å². The Morgan fingerprint density at radius 1 is 1.08 bits per heavy atom. The highest BCUT2D eigenvalue weighted by Crippen LogP contribution is 2.39. The minimum Gasteiger partial charge on any atom is -0.354 e. The van der Waals surface area contributed by atoms with Crippen LogP contribution in [-0.2, 0) is 23.2 Å². The first-order valence-corrected chi connectivity index (χ1v) is 11.8. The molecule has 2 amide bonds. The quantitative estimate of drug-likeness (QED) is 0.190. The Labute approximate surface area is 218 Å². The molecule has 0 aliphatic carbocycles. The van der Waals surface area contributed by atoms with Gasteiger partial charge in [0.2, 0.25) is 5.91 Å². The summed E-state index contributed by atoms with van der Waals surface area (Å²) in [6.07, 6.45) is 3.60. The van der Waals surface area contributed by atoms with Crippen LogP contribution in [-0.4, -0.2) is 26.3 Å². The van der Waals surface area contributed by atoms with Gasteiger partial charge in [0.15, 0.2) is 0 Å². The van der Waals surface area contributed by atoms with Crippen LogP contribution >= 0.6 is 0 Å². The highest BCUT2D eigenvalue weighted by molar-refractivity contribution is 6.37. The number of carbonyl (C=O) groups excluding carboxylic acids is 2. The minimum atomic E-state index is -0.485. The lowest BCUT2D eigenvalue weighted by Gasteiger charge is -2.16. The van der Waals surface area contributed by atoms with Gasteiger partial charge in [-0.25, -0.2) is 4.98 Å². The second-order valence-electron chi connectivity index (χ2n) is 8.86. The van der Waals surface area contributed by atoms with Gasteiger partial charge < -0.3 is 20.5 Å². The minimum absolute atomic E-state index is 0.109. The van der Waals surface area contributed by atoms with Crippen molar-refractivity contribution in [2.24, 2.45) is 7.05 Å². The van der Waals surface area contributed by atoms with Crippen molar-refractivity contribution in [1.29, 1.82) is 0 Å². The van der Waals surface area contributed by atoms with E-state index in [1.165, 1.54) is 25.1 Å². The molecular weight excluding hydrogens is 484 g/mol. The summed E-state index contributed by atoms with van der Waals surface area (Å²) in [4.78, 5) is 39.8. The van der Waals surface area contributed by atoms with Crippen molar-refractivity contribution in [2.45, 2.75) is 13.5 Å². The zero-order valence-electron chi connectivity index (χ0n) is 20.7. The fraction of sp³-hybridized carbons (Fsp3) is 0.107. The number of anilines is 2. The smallest absolute Gasteiger partial charge is 0.270 e. The monoisotopic (exact) mass is 508 g/mol. The number of nitro benzene ring substituents is 1. The number of carbonyl (C=O) groups is 2. The second-order valence-corrected chi connectivity index (χ2v) is 8.86. The Balaban J connectivity index is 1.58. The molecule has 38 heavy (non-hydrogen) atoms. The van der Waals surface area contributed by atoms with Crippen molar-refractivity contribution in [2.75, 3.05) is 10.6 Å². The number of nitrogens with zero attached hydrogens (tertiary/aromatic N) is 3. The molecule has 4 aromatic rings. The van der Waals surface area contributed by atoms with E-state index in [1.54, 1.807) is 6.20 Å². The lowest BCUT2D eigenvalue weighted by atomic mass is 9.98. The zero-order chi connectivity index (χ0) is 26.8. The van der Waals surface area contributed by atoms with Gasteiger partial charge in [-0.2, -0.15) is 0 Å². The number of fused-ring (bicyclic) bond motifs is 1. The molecule has 10 nitrogen and oxygen atoms in total. The zero-order valence-corrected chi connectivity index (χ0v) is 20.7. The third kappa shape index (κ3) is 4.87. The summed E-state index contributed by atoms with van der Waals surface area (Å²) < 4.78 is 1.92. The molecule has 0 fully saturated rings. The van der Waals surface area contributed by atoms with Gasteiger partial charge in [0.25, 0.3) is 11.6 Å². The van der Waals surface area contributed by atoms with Crippen LogP contribution in [0.3, 0.4) is 0 Å². The number of nitrogens with one attached hydrogen (secondary N) is 3. The van der Waals surface area contributed by atoms with Crippen LogP contribution in [0, 0.1) is 10.1 Å². The maximum atomic E-state index is 13.2. The molecule has 10 heteroatoms. The molecule has 1 aliphatic rings. The van der Waals surface area contributed by atoms with E-state index in [-0.39, 0.29) is 17.5 Å². The van der Waals surface area contributed by atoms with Crippen molar-refractivity contribution in [3.63, 3.8) is 0 Å². The van der Waals surface area contributed by atoms with Gasteiger partial charge in [-0.1, -0.05) is 24.3 Å². The standard InChI is InChI=1S/C28H24N6O4/c1-17(35)30-16-18-3-5-19(6-4-18)26(25-23-15-22(34(37)38)11-12-24(23)32-28(25)36)31-21-9-7-20(8-10-21)27-29-13-14-33(27)2/h3-15,31H,16H2,1-2H3,(H,30,35)(H,32,36)/b26-25-. The molecule has 0 saturated carbocycles. The molecule has 190 valence electrons. The molecule has 3 N–H and O–H groups in total. The summed E-state index contributed by atoms with van der Waals surface area (Å²) in [6, 6.07) is 19.3. The predicted octanol–water partition coefficient (Wildman–Crippen LogP) is 4.56. The summed E-state index contributed by atoms with van der Waals surface area (Å²) in [5, 5.41) is 20.4. The summed E-state index contributed by atoms with van der Waals surface area (Å²) in [6.45, 7) is 1.83. The number of non-ortho nitro benzene ring substituents is 1.